The van der Waals surface area contributed by atoms with Crippen molar-refractivity contribution in [1.29, 1.82) is 0 Å². The van der Waals surface area contributed by atoms with Gasteiger partial charge in [0.05, 0.1) is 20.5 Å². The molecule has 0 aliphatic carbocycles. The van der Waals surface area contributed by atoms with E-state index in [9.17, 15) is 4.79 Å². The highest BCUT2D eigenvalue weighted by Gasteiger charge is 1.99. The topological polar surface area (TPSA) is 44.8 Å². The van der Waals surface area contributed by atoms with Crippen molar-refractivity contribution < 1.29 is 19.0 Å². The number of benzene rings is 1. The van der Waals surface area contributed by atoms with Crippen LogP contribution in [0.5, 0.6) is 11.5 Å². The van der Waals surface area contributed by atoms with Crippen molar-refractivity contribution in [1.82, 2.24) is 0 Å². The Kier molecular flexibility index (Phi) is 4.39. The first-order valence-electron chi connectivity index (χ1n) is 4.72. The second-order valence-electron chi connectivity index (χ2n) is 3.06. The summed E-state index contributed by atoms with van der Waals surface area (Å²) >= 11 is 0. The van der Waals surface area contributed by atoms with Gasteiger partial charge in [0.1, 0.15) is 11.5 Å². The quantitative estimate of drug-likeness (QED) is 0.579. The van der Waals surface area contributed by atoms with Gasteiger partial charge in [0.15, 0.2) is 0 Å². The summed E-state index contributed by atoms with van der Waals surface area (Å²) < 4.78 is 14.9. The number of hydrogen-bond acceptors (Lipinski definition) is 4. The average Bonchev–Trinajstić information content (AvgIpc) is 2.28. The summed E-state index contributed by atoms with van der Waals surface area (Å²) in [5, 5.41) is 0. The number of rotatable bonds is 4. The monoisotopic (exact) mass is 222 g/mol. The molecule has 4 heteroatoms. The first-order chi connectivity index (χ1) is 7.65. The Morgan fingerprint density at radius 2 is 1.69 bits per heavy atom. The predicted octanol–water partition coefficient (Wildman–Crippen LogP) is 2.24. The number of hydrogen-bond donors (Lipinski definition) is 0. The molecule has 0 saturated carbocycles. The Bertz CT molecular complexity index is 374. The van der Waals surface area contributed by atoms with Gasteiger partial charge in [-0.15, -0.1) is 0 Å². The molecule has 0 aromatic heterocycles. The highest BCUT2D eigenvalue weighted by atomic mass is 16.5. The Balaban J connectivity index is 2.86. The Morgan fingerprint density at radius 3 is 2.12 bits per heavy atom. The van der Waals surface area contributed by atoms with E-state index >= 15 is 0 Å². The van der Waals surface area contributed by atoms with Gasteiger partial charge in [-0.25, -0.2) is 0 Å². The van der Waals surface area contributed by atoms with Crippen LogP contribution < -0.4 is 9.47 Å². The molecule has 1 aromatic carbocycles. The summed E-state index contributed by atoms with van der Waals surface area (Å²) in [6.45, 7) is 1.34. The van der Waals surface area contributed by atoms with Gasteiger partial charge < -0.3 is 14.2 Å². The van der Waals surface area contributed by atoms with Crippen molar-refractivity contribution in [2.75, 3.05) is 14.2 Å². The maximum Gasteiger partial charge on any atom is 0.307 e. The minimum Gasteiger partial charge on any atom is -0.497 e. The molecule has 0 fully saturated rings. The molecule has 86 valence electrons. The summed E-state index contributed by atoms with van der Waals surface area (Å²) in [4.78, 5) is 10.6. The molecule has 4 nitrogen and oxygen atoms in total. The molecular weight excluding hydrogens is 208 g/mol. The van der Waals surface area contributed by atoms with Gasteiger partial charge in [0.25, 0.3) is 0 Å². The van der Waals surface area contributed by atoms with Crippen LogP contribution in [0.25, 0.3) is 6.08 Å². The lowest BCUT2D eigenvalue weighted by Crippen LogP contribution is -1.90. The molecule has 0 aliphatic heterocycles. The fourth-order valence-electron chi connectivity index (χ4n) is 1.13. The van der Waals surface area contributed by atoms with Crippen LogP contribution in [-0.4, -0.2) is 20.2 Å². The van der Waals surface area contributed by atoms with Crippen molar-refractivity contribution in [3.05, 3.63) is 30.0 Å². The highest BCUT2D eigenvalue weighted by molar-refractivity contribution is 5.67. The minimum absolute atomic E-state index is 0.355. The maximum absolute atomic E-state index is 10.6. The number of esters is 1. The molecule has 1 aromatic rings. The lowest BCUT2D eigenvalue weighted by atomic mass is 10.2. The minimum atomic E-state index is -0.355. The molecule has 0 bridgehead atoms. The van der Waals surface area contributed by atoms with E-state index in [0.29, 0.717) is 11.5 Å². The molecule has 0 heterocycles. The van der Waals surface area contributed by atoms with E-state index in [2.05, 4.69) is 0 Å². The number of ether oxygens (including phenoxy) is 3. The zero-order valence-electron chi connectivity index (χ0n) is 9.52. The SMILES string of the molecule is COc1cc(C=COC(C)=O)cc(OC)c1. The molecule has 0 atom stereocenters. The summed E-state index contributed by atoms with van der Waals surface area (Å²) in [5.74, 6) is 1.01. The van der Waals surface area contributed by atoms with Crippen molar-refractivity contribution in [3.8, 4) is 11.5 Å². The Labute approximate surface area is 94.4 Å². The van der Waals surface area contributed by atoms with Crippen LogP contribution >= 0.6 is 0 Å². The van der Waals surface area contributed by atoms with Gasteiger partial charge in [0, 0.05) is 13.0 Å². The molecule has 0 spiro atoms. The van der Waals surface area contributed by atoms with Crippen LogP contribution in [-0.2, 0) is 9.53 Å². The smallest absolute Gasteiger partial charge is 0.307 e. The molecule has 0 aliphatic rings. The second kappa shape index (κ2) is 5.80. The van der Waals surface area contributed by atoms with Gasteiger partial charge in [-0.2, -0.15) is 0 Å². The first-order valence-corrected chi connectivity index (χ1v) is 4.72. The van der Waals surface area contributed by atoms with Crippen molar-refractivity contribution >= 4 is 12.0 Å². The van der Waals surface area contributed by atoms with E-state index < -0.39 is 0 Å². The fourth-order valence-corrected chi connectivity index (χ4v) is 1.13. The second-order valence-corrected chi connectivity index (χ2v) is 3.06. The van der Waals surface area contributed by atoms with Crippen LogP contribution in [0.15, 0.2) is 24.5 Å². The Hall–Kier alpha value is -1.97. The lowest BCUT2D eigenvalue weighted by molar-refractivity contribution is -0.135. The molecule has 0 radical (unpaired) electrons. The number of carbonyl (C=O) groups is 1. The predicted molar refractivity (Wildman–Crippen MR) is 60.3 cm³/mol. The summed E-state index contributed by atoms with van der Waals surface area (Å²) in [6, 6.07) is 5.38. The summed E-state index contributed by atoms with van der Waals surface area (Å²) in [6.07, 6.45) is 2.99. The molecule has 16 heavy (non-hydrogen) atoms. The molecule has 0 N–H and O–H groups in total. The lowest BCUT2D eigenvalue weighted by Gasteiger charge is -2.05. The van der Waals surface area contributed by atoms with E-state index in [1.54, 1.807) is 26.4 Å². The van der Waals surface area contributed by atoms with Gasteiger partial charge in [-0.05, 0) is 23.8 Å². The molecule has 0 unspecified atom stereocenters. The highest BCUT2D eigenvalue weighted by Crippen LogP contribution is 2.23. The van der Waals surface area contributed by atoms with Crippen LogP contribution in [0, 0.1) is 0 Å². The first kappa shape index (κ1) is 12.1. The van der Waals surface area contributed by atoms with Crippen molar-refractivity contribution in [2.24, 2.45) is 0 Å². The van der Waals surface area contributed by atoms with Crippen LogP contribution in [0.3, 0.4) is 0 Å². The van der Waals surface area contributed by atoms with E-state index in [1.807, 2.05) is 12.1 Å². The van der Waals surface area contributed by atoms with Crippen molar-refractivity contribution in [3.63, 3.8) is 0 Å². The zero-order valence-corrected chi connectivity index (χ0v) is 9.52. The third kappa shape index (κ3) is 3.65. The number of methoxy groups -OCH3 is 2. The van der Waals surface area contributed by atoms with Crippen LogP contribution in [0.2, 0.25) is 0 Å². The fraction of sp³-hybridized carbons (Fsp3) is 0.250. The molecule has 0 saturated heterocycles. The van der Waals surface area contributed by atoms with Crippen LogP contribution in [0.4, 0.5) is 0 Å². The largest absolute Gasteiger partial charge is 0.497 e. The van der Waals surface area contributed by atoms with Gasteiger partial charge in [0.2, 0.25) is 0 Å². The maximum atomic E-state index is 10.6. The van der Waals surface area contributed by atoms with Crippen LogP contribution in [0.1, 0.15) is 12.5 Å². The number of carbonyl (C=O) groups excluding carboxylic acids is 1. The normalized spacial score (nSPS) is 10.2. The van der Waals surface area contributed by atoms with E-state index in [0.717, 1.165) is 5.56 Å². The zero-order chi connectivity index (χ0) is 12.0. The molecule has 0 amide bonds. The summed E-state index contributed by atoms with van der Waals surface area (Å²) in [5.41, 5.74) is 0.831. The third-order valence-electron chi connectivity index (χ3n) is 1.87. The van der Waals surface area contributed by atoms with Gasteiger partial charge in [-0.1, -0.05) is 0 Å². The van der Waals surface area contributed by atoms with Gasteiger partial charge in [-0.3, -0.25) is 4.79 Å². The Morgan fingerprint density at radius 1 is 1.12 bits per heavy atom. The molecular formula is C12H14O4. The molecule has 1 rings (SSSR count). The van der Waals surface area contributed by atoms with E-state index in [4.69, 9.17) is 14.2 Å². The van der Waals surface area contributed by atoms with E-state index in [1.165, 1.54) is 13.2 Å². The van der Waals surface area contributed by atoms with Gasteiger partial charge >= 0.3 is 5.97 Å². The third-order valence-corrected chi connectivity index (χ3v) is 1.87. The average molecular weight is 222 g/mol. The van der Waals surface area contributed by atoms with E-state index in [-0.39, 0.29) is 5.97 Å². The van der Waals surface area contributed by atoms with Crippen molar-refractivity contribution in [2.45, 2.75) is 6.92 Å². The summed E-state index contributed by atoms with van der Waals surface area (Å²) in [7, 11) is 3.16. The standard InChI is InChI=1S/C12H14O4/c1-9(13)16-5-4-10-6-11(14-2)8-12(7-10)15-3/h4-8H,1-3H3.